The lowest BCUT2D eigenvalue weighted by Crippen LogP contribution is -2.17. The molecule has 0 aliphatic carbocycles. The van der Waals surface area contributed by atoms with Crippen molar-refractivity contribution in [2.24, 2.45) is 0 Å². The second kappa shape index (κ2) is 8.99. The lowest BCUT2D eigenvalue weighted by Gasteiger charge is -2.10. The molecule has 2 aromatic rings. The molecule has 0 atom stereocenters. The zero-order valence-corrected chi connectivity index (χ0v) is 14.4. The third-order valence-electron chi connectivity index (χ3n) is 3.65. The van der Waals surface area contributed by atoms with E-state index in [0.29, 0.717) is 11.1 Å². The Morgan fingerprint density at radius 1 is 0.714 bits per heavy atom. The molecular weight excluding hydrogens is 390 g/mol. The van der Waals surface area contributed by atoms with Gasteiger partial charge < -0.3 is 9.47 Å². The molecule has 0 saturated heterocycles. The lowest BCUT2D eigenvalue weighted by atomic mass is 10.0. The molecule has 0 N–H and O–H groups in total. The van der Waals surface area contributed by atoms with Gasteiger partial charge in [-0.3, -0.25) is 4.79 Å². The molecule has 0 spiro atoms. The van der Waals surface area contributed by atoms with E-state index < -0.39 is 12.7 Å². The van der Waals surface area contributed by atoms with Gasteiger partial charge in [-0.25, -0.2) is 0 Å². The third-order valence-corrected chi connectivity index (χ3v) is 3.65. The average molecular weight is 406 g/mol. The second-order valence-electron chi connectivity index (χ2n) is 5.93. The Morgan fingerprint density at radius 3 is 1.46 bits per heavy atom. The molecule has 0 aliphatic heterocycles. The van der Waals surface area contributed by atoms with Gasteiger partial charge in [0.05, 0.1) is 0 Å². The number of hydrogen-bond donors (Lipinski definition) is 0. The number of carbonyl (C=O) groups excluding carboxylic acids is 1. The van der Waals surface area contributed by atoms with Crippen LogP contribution in [0.3, 0.4) is 0 Å². The smallest absolute Gasteiger partial charge is 0.406 e. The molecule has 0 radical (unpaired) electrons. The molecule has 2 rings (SSSR count). The summed E-state index contributed by atoms with van der Waals surface area (Å²) in [7, 11) is 0. The number of benzene rings is 2. The molecule has 0 heterocycles. The van der Waals surface area contributed by atoms with E-state index in [2.05, 4.69) is 9.47 Å². The fourth-order valence-corrected chi connectivity index (χ4v) is 2.49. The van der Waals surface area contributed by atoms with E-state index in [1.165, 1.54) is 24.3 Å². The van der Waals surface area contributed by atoms with E-state index in [-0.39, 0.29) is 43.0 Å². The van der Waals surface area contributed by atoms with Crippen LogP contribution in [0.15, 0.2) is 48.5 Å². The standard InChI is InChI=1S/C19H16F6O3/c20-18(21,22)27-16-5-1-3-13(11-16)7-9-15(26)10-8-14-4-2-6-17(12-14)28-19(23,24)25/h1-6,11-12H,7-10H2. The van der Waals surface area contributed by atoms with Crippen LogP contribution >= 0.6 is 0 Å². The number of aryl methyl sites for hydroxylation is 2. The number of rotatable bonds is 8. The average Bonchev–Trinajstić information content (AvgIpc) is 2.56. The van der Waals surface area contributed by atoms with Crippen LogP contribution in [0.25, 0.3) is 0 Å². The molecule has 0 aliphatic rings. The minimum Gasteiger partial charge on any atom is -0.406 e. The third kappa shape index (κ3) is 8.32. The maximum Gasteiger partial charge on any atom is 0.573 e. The first kappa shape index (κ1) is 21.6. The Kier molecular flexibility index (Phi) is 6.93. The van der Waals surface area contributed by atoms with Crippen molar-refractivity contribution in [1.82, 2.24) is 0 Å². The first-order valence-corrected chi connectivity index (χ1v) is 8.21. The first-order valence-electron chi connectivity index (χ1n) is 8.21. The van der Waals surface area contributed by atoms with Crippen LogP contribution in [0.4, 0.5) is 26.3 Å². The minimum absolute atomic E-state index is 0.0915. The number of ether oxygens (including phenoxy) is 2. The van der Waals surface area contributed by atoms with E-state index in [9.17, 15) is 31.1 Å². The summed E-state index contributed by atoms with van der Waals surface area (Å²) < 4.78 is 81.0. The second-order valence-corrected chi connectivity index (χ2v) is 5.93. The Hall–Kier alpha value is -2.71. The molecule has 2 aromatic carbocycles. The number of Topliss-reactive ketones (excluding diaryl/α,β-unsaturated/α-hetero) is 1. The van der Waals surface area contributed by atoms with Crippen molar-refractivity contribution in [1.29, 1.82) is 0 Å². The van der Waals surface area contributed by atoms with E-state index >= 15 is 0 Å². The number of hydrogen-bond acceptors (Lipinski definition) is 3. The van der Waals surface area contributed by atoms with Gasteiger partial charge in [0.25, 0.3) is 0 Å². The largest absolute Gasteiger partial charge is 0.573 e. The maximum absolute atomic E-state index is 12.2. The zero-order valence-electron chi connectivity index (χ0n) is 14.4. The molecule has 9 heteroatoms. The fourth-order valence-electron chi connectivity index (χ4n) is 2.49. The number of alkyl halides is 6. The highest BCUT2D eigenvalue weighted by Gasteiger charge is 2.31. The summed E-state index contributed by atoms with van der Waals surface area (Å²) in [4.78, 5) is 12.0. The zero-order chi connectivity index (χ0) is 20.8. The minimum atomic E-state index is -4.79. The van der Waals surface area contributed by atoms with Gasteiger partial charge in [0.2, 0.25) is 0 Å². The van der Waals surface area contributed by atoms with Crippen molar-refractivity contribution < 1.29 is 40.6 Å². The SMILES string of the molecule is O=C(CCc1cccc(OC(F)(F)F)c1)CCc1cccc(OC(F)(F)F)c1. The molecule has 0 unspecified atom stereocenters. The van der Waals surface area contributed by atoms with Crippen LogP contribution < -0.4 is 9.47 Å². The number of ketones is 1. The number of carbonyl (C=O) groups is 1. The summed E-state index contributed by atoms with van der Waals surface area (Å²) in [5.41, 5.74) is 1.02. The quantitative estimate of drug-likeness (QED) is 0.534. The summed E-state index contributed by atoms with van der Waals surface area (Å²) >= 11 is 0. The monoisotopic (exact) mass is 406 g/mol. The Morgan fingerprint density at radius 2 is 1.11 bits per heavy atom. The molecule has 3 nitrogen and oxygen atoms in total. The van der Waals surface area contributed by atoms with E-state index in [4.69, 9.17) is 0 Å². The highest BCUT2D eigenvalue weighted by Crippen LogP contribution is 2.25. The van der Waals surface area contributed by atoms with Crippen LogP contribution in [0.2, 0.25) is 0 Å². The van der Waals surface area contributed by atoms with E-state index in [0.717, 1.165) is 12.1 Å². The predicted octanol–water partition coefficient (Wildman–Crippen LogP) is 5.62. The summed E-state index contributed by atoms with van der Waals surface area (Å²) in [6, 6.07) is 10.7. The van der Waals surface area contributed by atoms with Gasteiger partial charge in [-0.2, -0.15) is 0 Å². The van der Waals surface area contributed by atoms with Gasteiger partial charge in [-0.1, -0.05) is 24.3 Å². The topological polar surface area (TPSA) is 35.5 Å². The fraction of sp³-hybridized carbons (Fsp3) is 0.316. The summed E-state index contributed by atoms with van der Waals surface area (Å²) in [6.45, 7) is 0. The molecule has 0 amide bonds. The normalized spacial score (nSPS) is 11.9. The van der Waals surface area contributed by atoms with Crippen molar-refractivity contribution in [3.05, 3.63) is 59.7 Å². The van der Waals surface area contributed by atoms with Gasteiger partial charge in [0, 0.05) is 12.8 Å². The molecule has 0 bridgehead atoms. The van der Waals surface area contributed by atoms with E-state index in [1.807, 2.05) is 0 Å². The molecule has 0 fully saturated rings. The van der Waals surface area contributed by atoms with Crippen LogP contribution in [-0.4, -0.2) is 18.5 Å². The van der Waals surface area contributed by atoms with Gasteiger partial charge in [0.1, 0.15) is 17.3 Å². The summed E-state index contributed by atoms with van der Waals surface area (Å²) in [6.07, 6.45) is -8.95. The highest BCUT2D eigenvalue weighted by molar-refractivity contribution is 5.78. The van der Waals surface area contributed by atoms with Gasteiger partial charge in [0.15, 0.2) is 0 Å². The van der Waals surface area contributed by atoms with Gasteiger partial charge in [-0.05, 0) is 48.2 Å². The maximum atomic E-state index is 12.2. The molecule has 0 aromatic heterocycles. The first-order chi connectivity index (χ1) is 13.0. The molecular formula is C19H16F6O3. The van der Waals surface area contributed by atoms with Crippen LogP contribution in [0.5, 0.6) is 11.5 Å². The molecule has 152 valence electrons. The van der Waals surface area contributed by atoms with Crippen molar-refractivity contribution in [2.45, 2.75) is 38.4 Å². The lowest BCUT2D eigenvalue weighted by molar-refractivity contribution is -0.275. The van der Waals surface area contributed by atoms with Crippen LogP contribution in [-0.2, 0) is 17.6 Å². The van der Waals surface area contributed by atoms with Crippen molar-refractivity contribution in [2.75, 3.05) is 0 Å². The predicted molar refractivity (Wildman–Crippen MR) is 87.9 cm³/mol. The van der Waals surface area contributed by atoms with Gasteiger partial charge >= 0.3 is 12.7 Å². The summed E-state index contributed by atoms with van der Waals surface area (Å²) in [5, 5.41) is 0. The Labute approximate surface area is 156 Å². The summed E-state index contributed by atoms with van der Waals surface area (Å²) in [5.74, 6) is -0.887. The van der Waals surface area contributed by atoms with Crippen molar-refractivity contribution in [3.63, 3.8) is 0 Å². The molecule has 0 saturated carbocycles. The number of halogens is 6. The highest BCUT2D eigenvalue weighted by atomic mass is 19.4. The molecule has 28 heavy (non-hydrogen) atoms. The van der Waals surface area contributed by atoms with Gasteiger partial charge in [-0.15, -0.1) is 26.3 Å². The Bertz CT molecular complexity index is 733. The van der Waals surface area contributed by atoms with Crippen LogP contribution in [0.1, 0.15) is 24.0 Å². The Balaban J connectivity index is 1.84. The van der Waals surface area contributed by atoms with Crippen LogP contribution in [0, 0.1) is 0 Å². The van der Waals surface area contributed by atoms with Crippen molar-refractivity contribution >= 4 is 5.78 Å². The van der Waals surface area contributed by atoms with E-state index in [1.54, 1.807) is 12.1 Å². The van der Waals surface area contributed by atoms with Crippen molar-refractivity contribution in [3.8, 4) is 11.5 Å².